The second-order valence-corrected chi connectivity index (χ2v) is 5.67. The van der Waals surface area contributed by atoms with Crippen LogP contribution in [0.2, 0.25) is 0 Å². The summed E-state index contributed by atoms with van der Waals surface area (Å²) < 4.78 is 5.01. The molecule has 1 aromatic carbocycles. The van der Waals surface area contributed by atoms with Gasteiger partial charge < -0.3 is 4.74 Å². The van der Waals surface area contributed by atoms with Crippen LogP contribution in [0.25, 0.3) is 10.9 Å². The molecule has 0 N–H and O–H groups in total. The molecule has 3 nitrogen and oxygen atoms in total. The minimum atomic E-state index is -0.243. The summed E-state index contributed by atoms with van der Waals surface area (Å²) in [5.41, 5.74) is 2.13. The highest BCUT2D eigenvalue weighted by molar-refractivity contribution is 8.00. The molecule has 0 unspecified atom stereocenters. The van der Waals surface area contributed by atoms with Gasteiger partial charge >= 0.3 is 5.97 Å². The summed E-state index contributed by atoms with van der Waals surface area (Å²) in [4.78, 5) is 16.2. The molecule has 0 amide bonds. The lowest BCUT2D eigenvalue weighted by Gasteiger charge is -2.11. The number of rotatable bonds is 4. The summed E-state index contributed by atoms with van der Waals surface area (Å²) >= 11 is 1.43. The molecule has 2 rings (SSSR count). The fourth-order valence-corrected chi connectivity index (χ4v) is 2.79. The van der Waals surface area contributed by atoms with Crippen molar-refractivity contribution in [2.24, 2.45) is 0 Å². The second-order valence-electron chi connectivity index (χ2n) is 4.31. The first-order chi connectivity index (χ1) is 9.11. The number of ether oxygens (including phenoxy) is 1. The van der Waals surface area contributed by atoms with Gasteiger partial charge in [0.15, 0.2) is 0 Å². The number of aryl methyl sites for hydroxylation is 1. The van der Waals surface area contributed by atoms with Gasteiger partial charge in [-0.3, -0.25) is 4.79 Å². The summed E-state index contributed by atoms with van der Waals surface area (Å²) in [5.74, 6) is -0.194. The quantitative estimate of drug-likeness (QED) is 0.631. The van der Waals surface area contributed by atoms with Crippen molar-refractivity contribution in [1.82, 2.24) is 4.98 Å². The third-order valence-electron chi connectivity index (χ3n) is 2.82. The molecular weight excluding hydrogens is 258 g/mol. The molecule has 0 bridgehead atoms. The maximum Gasteiger partial charge on any atom is 0.319 e. The average Bonchev–Trinajstić information content (AvgIpc) is 2.39. The Morgan fingerprint density at radius 3 is 2.89 bits per heavy atom. The Morgan fingerprint density at radius 2 is 2.16 bits per heavy atom. The van der Waals surface area contributed by atoms with Crippen LogP contribution in [-0.4, -0.2) is 22.8 Å². The molecule has 0 saturated heterocycles. The molecule has 1 heterocycles. The first kappa shape index (κ1) is 13.9. The third kappa shape index (κ3) is 3.26. The molecule has 19 heavy (non-hydrogen) atoms. The van der Waals surface area contributed by atoms with E-state index in [1.807, 2.05) is 38.1 Å². The standard InChI is InChI=1S/C15H17NO2S/c1-4-18-15(17)11(3)19-14-9-10(2)12-7-5-6-8-13(12)16-14/h5-9,11H,4H2,1-3H3/t11-/m1/s1. The smallest absolute Gasteiger partial charge is 0.319 e. The number of pyridine rings is 1. The molecule has 0 saturated carbocycles. The fraction of sp³-hybridized carbons (Fsp3) is 0.333. The van der Waals surface area contributed by atoms with E-state index in [1.165, 1.54) is 17.3 Å². The fourth-order valence-electron chi connectivity index (χ4n) is 1.87. The maximum atomic E-state index is 11.6. The van der Waals surface area contributed by atoms with Gasteiger partial charge in [0.25, 0.3) is 0 Å². The van der Waals surface area contributed by atoms with Crippen molar-refractivity contribution in [3.05, 3.63) is 35.9 Å². The van der Waals surface area contributed by atoms with Crippen molar-refractivity contribution < 1.29 is 9.53 Å². The second kappa shape index (κ2) is 6.06. The van der Waals surface area contributed by atoms with E-state index in [0.29, 0.717) is 6.61 Å². The summed E-state index contributed by atoms with van der Waals surface area (Å²) in [5, 5.41) is 1.76. The van der Waals surface area contributed by atoms with E-state index < -0.39 is 0 Å². The predicted molar refractivity (Wildman–Crippen MR) is 78.4 cm³/mol. The van der Waals surface area contributed by atoms with Crippen molar-refractivity contribution in [1.29, 1.82) is 0 Å². The number of carbonyl (C=O) groups is 1. The van der Waals surface area contributed by atoms with Crippen LogP contribution >= 0.6 is 11.8 Å². The zero-order chi connectivity index (χ0) is 13.8. The number of benzene rings is 1. The van der Waals surface area contributed by atoms with Gasteiger partial charge in [-0.05, 0) is 38.5 Å². The number of nitrogens with zero attached hydrogens (tertiary/aromatic N) is 1. The molecule has 0 aliphatic carbocycles. The Labute approximate surface area is 117 Å². The van der Waals surface area contributed by atoms with E-state index in [4.69, 9.17) is 4.74 Å². The van der Waals surface area contributed by atoms with Crippen LogP contribution in [0.15, 0.2) is 35.4 Å². The number of fused-ring (bicyclic) bond motifs is 1. The Hall–Kier alpha value is -1.55. The van der Waals surface area contributed by atoms with Gasteiger partial charge in [-0.2, -0.15) is 0 Å². The van der Waals surface area contributed by atoms with Gasteiger partial charge in [-0.1, -0.05) is 30.0 Å². The Bertz CT molecular complexity index is 598. The molecule has 0 aliphatic heterocycles. The Balaban J connectivity index is 2.24. The summed E-state index contributed by atoms with van der Waals surface area (Å²) in [6.45, 7) is 6.12. The van der Waals surface area contributed by atoms with Crippen LogP contribution in [0.5, 0.6) is 0 Å². The molecular formula is C15H17NO2S. The van der Waals surface area contributed by atoms with Gasteiger partial charge in [0.05, 0.1) is 17.1 Å². The van der Waals surface area contributed by atoms with Crippen molar-refractivity contribution in [3.8, 4) is 0 Å². The number of aromatic nitrogens is 1. The van der Waals surface area contributed by atoms with Gasteiger partial charge in [-0.25, -0.2) is 4.98 Å². The molecule has 0 aliphatic rings. The van der Waals surface area contributed by atoms with E-state index >= 15 is 0 Å². The van der Waals surface area contributed by atoms with E-state index in [1.54, 1.807) is 0 Å². The largest absolute Gasteiger partial charge is 0.465 e. The lowest BCUT2D eigenvalue weighted by molar-refractivity contribution is -0.142. The van der Waals surface area contributed by atoms with Crippen molar-refractivity contribution in [3.63, 3.8) is 0 Å². The normalized spacial score (nSPS) is 12.4. The van der Waals surface area contributed by atoms with Crippen molar-refractivity contribution in [2.45, 2.75) is 31.0 Å². The van der Waals surface area contributed by atoms with E-state index in [9.17, 15) is 4.79 Å². The summed E-state index contributed by atoms with van der Waals surface area (Å²) in [6.07, 6.45) is 0. The van der Waals surface area contributed by atoms with Gasteiger partial charge in [0.2, 0.25) is 0 Å². The zero-order valence-electron chi connectivity index (χ0n) is 11.3. The lowest BCUT2D eigenvalue weighted by Crippen LogP contribution is -2.16. The number of esters is 1. The number of carbonyl (C=O) groups excluding carboxylic acids is 1. The number of hydrogen-bond donors (Lipinski definition) is 0. The molecule has 0 fully saturated rings. The highest BCUT2D eigenvalue weighted by Gasteiger charge is 2.16. The van der Waals surface area contributed by atoms with E-state index in [-0.39, 0.29) is 11.2 Å². The SMILES string of the molecule is CCOC(=O)[C@@H](C)Sc1cc(C)c2ccccc2n1. The molecule has 2 aromatic rings. The van der Waals surface area contributed by atoms with Crippen molar-refractivity contribution in [2.75, 3.05) is 6.61 Å². The van der Waals surface area contributed by atoms with E-state index in [2.05, 4.69) is 18.0 Å². The maximum absolute atomic E-state index is 11.6. The first-order valence-corrected chi connectivity index (χ1v) is 7.19. The summed E-state index contributed by atoms with van der Waals surface area (Å²) in [6, 6.07) is 10.0. The minimum absolute atomic E-state index is 0.194. The average molecular weight is 275 g/mol. The number of para-hydroxylation sites is 1. The van der Waals surface area contributed by atoms with E-state index in [0.717, 1.165) is 15.9 Å². The van der Waals surface area contributed by atoms with Crippen LogP contribution in [0, 0.1) is 6.92 Å². The topological polar surface area (TPSA) is 39.2 Å². The molecule has 4 heteroatoms. The highest BCUT2D eigenvalue weighted by Crippen LogP contribution is 2.26. The minimum Gasteiger partial charge on any atom is -0.465 e. The van der Waals surface area contributed by atoms with Gasteiger partial charge in [0.1, 0.15) is 5.25 Å². The summed E-state index contributed by atoms with van der Waals surface area (Å²) in [7, 11) is 0. The van der Waals surface area contributed by atoms with Crippen LogP contribution < -0.4 is 0 Å². The Kier molecular flexibility index (Phi) is 4.43. The zero-order valence-corrected chi connectivity index (χ0v) is 12.2. The number of hydrogen-bond acceptors (Lipinski definition) is 4. The van der Waals surface area contributed by atoms with Crippen molar-refractivity contribution >= 4 is 28.6 Å². The van der Waals surface area contributed by atoms with Crippen LogP contribution in [-0.2, 0) is 9.53 Å². The van der Waals surface area contributed by atoms with Crippen LogP contribution in [0.1, 0.15) is 19.4 Å². The third-order valence-corrected chi connectivity index (χ3v) is 3.81. The lowest BCUT2D eigenvalue weighted by atomic mass is 10.1. The Morgan fingerprint density at radius 1 is 1.42 bits per heavy atom. The first-order valence-electron chi connectivity index (χ1n) is 6.31. The van der Waals surface area contributed by atoms with Gasteiger partial charge in [0, 0.05) is 5.39 Å². The van der Waals surface area contributed by atoms with Crippen LogP contribution in [0.4, 0.5) is 0 Å². The number of thioether (sulfide) groups is 1. The molecule has 1 atom stereocenters. The molecule has 0 spiro atoms. The molecule has 1 aromatic heterocycles. The predicted octanol–water partition coefficient (Wildman–Crippen LogP) is 3.59. The van der Waals surface area contributed by atoms with Crippen LogP contribution in [0.3, 0.4) is 0 Å². The monoisotopic (exact) mass is 275 g/mol. The molecule has 0 radical (unpaired) electrons. The van der Waals surface area contributed by atoms with Gasteiger partial charge in [-0.15, -0.1) is 0 Å². The molecule has 100 valence electrons. The highest BCUT2D eigenvalue weighted by atomic mass is 32.2.